The molecule has 4 aromatic rings. The van der Waals surface area contributed by atoms with Gasteiger partial charge in [0.2, 0.25) is 0 Å². The van der Waals surface area contributed by atoms with Crippen molar-refractivity contribution in [2.24, 2.45) is 4.99 Å². The second-order valence-corrected chi connectivity index (χ2v) is 11.6. The Morgan fingerprint density at radius 2 is 1.85 bits per heavy atom. The first-order valence-corrected chi connectivity index (χ1v) is 14.8. The maximum atomic E-state index is 14.2. The minimum atomic E-state index is -3.57. The highest BCUT2D eigenvalue weighted by molar-refractivity contribution is 7.90. The van der Waals surface area contributed by atoms with Gasteiger partial charge in [0.25, 0.3) is 11.8 Å². The van der Waals surface area contributed by atoms with Crippen LogP contribution in [0, 0.1) is 0 Å². The number of aliphatic imine (C=N–C) groups is 1. The van der Waals surface area contributed by atoms with E-state index in [4.69, 9.17) is 9.73 Å². The number of nitrogens with one attached hydrogen (secondary N) is 1. The number of carbonyl (C=O) groups is 2. The molecule has 5 rings (SSSR count). The molecule has 11 heteroatoms. The van der Waals surface area contributed by atoms with Crippen LogP contribution >= 0.6 is 0 Å². The molecule has 0 bridgehead atoms. The fraction of sp³-hybridized carbons (Fsp3) is 0.200. The molecule has 1 aliphatic rings. The quantitative estimate of drug-likeness (QED) is 0.324. The zero-order valence-corrected chi connectivity index (χ0v) is 23.4. The number of imidazole rings is 1. The number of rotatable bonds is 9. The predicted octanol–water partition coefficient (Wildman–Crippen LogP) is 3.97. The van der Waals surface area contributed by atoms with Crippen molar-refractivity contribution in [1.29, 1.82) is 0 Å². The van der Waals surface area contributed by atoms with E-state index in [9.17, 15) is 18.0 Å². The summed E-state index contributed by atoms with van der Waals surface area (Å²) >= 11 is 0. The number of hydrogen-bond acceptors (Lipinski definition) is 7. The Labute approximate surface area is 238 Å². The number of para-hydroxylation sites is 2. The van der Waals surface area contributed by atoms with Crippen LogP contribution in [0.3, 0.4) is 0 Å². The topological polar surface area (TPSA) is 123 Å². The van der Waals surface area contributed by atoms with E-state index < -0.39 is 27.7 Å². The van der Waals surface area contributed by atoms with Crippen LogP contribution in [0.1, 0.15) is 22.3 Å². The molecule has 0 radical (unpaired) electrons. The molecule has 41 heavy (non-hydrogen) atoms. The largest absolute Gasteiger partial charge is 0.497 e. The third-order valence-electron chi connectivity index (χ3n) is 6.75. The summed E-state index contributed by atoms with van der Waals surface area (Å²) in [5, 5.41) is 2.94. The van der Waals surface area contributed by atoms with Gasteiger partial charge in [-0.2, -0.15) is 0 Å². The van der Waals surface area contributed by atoms with Crippen LogP contribution in [-0.4, -0.2) is 66.3 Å². The number of carbonyl (C=O) groups excluding carboxylic acids is 2. The second-order valence-electron chi connectivity index (χ2n) is 9.59. The zero-order chi connectivity index (χ0) is 29.0. The first-order chi connectivity index (χ1) is 19.7. The van der Waals surface area contributed by atoms with Gasteiger partial charge < -0.3 is 19.5 Å². The number of methoxy groups -OCH3 is 1. The Morgan fingerprint density at radius 1 is 1.07 bits per heavy atom. The van der Waals surface area contributed by atoms with Gasteiger partial charge in [0, 0.05) is 37.3 Å². The van der Waals surface area contributed by atoms with Gasteiger partial charge in [-0.15, -0.1) is 0 Å². The van der Waals surface area contributed by atoms with Gasteiger partial charge in [-0.1, -0.05) is 18.2 Å². The standard InChI is InChI=1S/C30H29N5O5S/c1-40-23-13-11-21(12-14-23)27-28(29(36)33-26-10-4-3-9-25(26)32-27)35(17-6-16-34-18-15-31-20-34)30(37)22-7-5-8-24(19-22)41(2,38)39/h3-5,7-15,18-20,28H,6,16-17H2,1-2H3,(H,33,36). The molecule has 10 nitrogen and oxygen atoms in total. The van der Waals surface area contributed by atoms with E-state index in [1.165, 1.54) is 23.1 Å². The molecule has 210 valence electrons. The van der Waals surface area contributed by atoms with Gasteiger partial charge in [-0.05, 0) is 66.6 Å². The van der Waals surface area contributed by atoms with Crippen molar-refractivity contribution < 1.29 is 22.7 Å². The van der Waals surface area contributed by atoms with Gasteiger partial charge in [-0.25, -0.2) is 18.4 Å². The van der Waals surface area contributed by atoms with Crippen molar-refractivity contribution in [3.8, 4) is 5.75 Å². The fourth-order valence-electron chi connectivity index (χ4n) is 4.68. The molecule has 0 spiro atoms. The highest BCUT2D eigenvalue weighted by Gasteiger charge is 2.37. The number of sulfone groups is 1. The predicted molar refractivity (Wildman–Crippen MR) is 155 cm³/mol. The lowest BCUT2D eigenvalue weighted by molar-refractivity contribution is -0.118. The molecule has 0 fully saturated rings. The highest BCUT2D eigenvalue weighted by atomic mass is 32.2. The Morgan fingerprint density at radius 3 is 2.56 bits per heavy atom. The van der Waals surface area contributed by atoms with E-state index in [2.05, 4.69) is 10.3 Å². The zero-order valence-electron chi connectivity index (χ0n) is 22.6. The maximum Gasteiger partial charge on any atom is 0.254 e. The smallest absolute Gasteiger partial charge is 0.254 e. The molecule has 1 unspecified atom stereocenters. The Balaban J connectivity index is 1.61. The number of nitrogens with zero attached hydrogens (tertiary/aromatic N) is 4. The maximum absolute atomic E-state index is 14.2. The summed E-state index contributed by atoms with van der Waals surface area (Å²) in [6, 6.07) is 19.0. The first-order valence-electron chi connectivity index (χ1n) is 12.9. The van der Waals surface area contributed by atoms with Gasteiger partial charge in [0.05, 0.1) is 35.4 Å². The molecule has 0 aliphatic carbocycles. The van der Waals surface area contributed by atoms with Crippen LogP contribution in [0.15, 0.2) is 101 Å². The Bertz CT molecular complexity index is 1700. The van der Waals surface area contributed by atoms with Crippen molar-refractivity contribution in [3.63, 3.8) is 0 Å². The monoisotopic (exact) mass is 571 g/mol. The number of ether oxygens (including phenoxy) is 1. The summed E-state index contributed by atoms with van der Waals surface area (Å²) in [5.41, 5.74) is 2.25. The molecule has 2 amide bonds. The van der Waals surface area contributed by atoms with Crippen molar-refractivity contribution >= 4 is 38.7 Å². The van der Waals surface area contributed by atoms with Crippen LogP contribution in [0.2, 0.25) is 0 Å². The third-order valence-corrected chi connectivity index (χ3v) is 7.86. The molecule has 0 saturated carbocycles. The van der Waals surface area contributed by atoms with Crippen LogP contribution in [0.5, 0.6) is 5.75 Å². The first kappa shape index (κ1) is 27.8. The number of fused-ring (bicyclic) bond motifs is 1. The Hall–Kier alpha value is -4.77. The molecular formula is C30H29N5O5S. The lowest BCUT2D eigenvalue weighted by Gasteiger charge is -2.31. The fourth-order valence-corrected chi connectivity index (χ4v) is 5.35. The average molecular weight is 572 g/mol. The SMILES string of the molecule is COc1ccc(C2=Nc3ccccc3NC(=O)C2N(CCCn2ccnc2)C(=O)c2cccc(S(C)(=O)=O)c2)cc1. The van der Waals surface area contributed by atoms with E-state index in [1.807, 2.05) is 16.8 Å². The van der Waals surface area contributed by atoms with Crippen molar-refractivity contribution in [3.05, 3.63) is 103 Å². The molecule has 1 N–H and O–H groups in total. The Kier molecular flexibility index (Phi) is 7.97. The van der Waals surface area contributed by atoms with Crippen molar-refractivity contribution in [1.82, 2.24) is 14.5 Å². The average Bonchev–Trinajstić information content (AvgIpc) is 3.44. The van der Waals surface area contributed by atoms with Gasteiger partial charge in [0.15, 0.2) is 15.9 Å². The molecule has 2 heterocycles. The second kappa shape index (κ2) is 11.8. The van der Waals surface area contributed by atoms with E-state index in [0.29, 0.717) is 41.4 Å². The van der Waals surface area contributed by atoms with Crippen LogP contribution in [-0.2, 0) is 21.2 Å². The number of aryl methyl sites for hydroxylation is 1. The van der Waals surface area contributed by atoms with Gasteiger partial charge >= 0.3 is 0 Å². The van der Waals surface area contributed by atoms with Gasteiger partial charge in [-0.3, -0.25) is 9.59 Å². The molecule has 1 aliphatic heterocycles. The number of hydrogen-bond donors (Lipinski definition) is 1. The summed E-state index contributed by atoms with van der Waals surface area (Å²) in [5.74, 6) is -0.288. The number of benzene rings is 3. The van der Waals surface area contributed by atoms with E-state index in [-0.39, 0.29) is 17.0 Å². The summed E-state index contributed by atoms with van der Waals surface area (Å²) < 4.78 is 31.7. The van der Waals surface area contributed by atoms with E-state index in [1.54, 1.807) is 68.2 Å². The minimum absolute atomic E-state index is 0.0171. The van der Waals surface area contributed by atoms with Crippen LogP contribution < -0.4 is 10.1 Å². The number of aromatic nitrogens is 2. The van der Waals surface area contributed by atoms with Crippen LogP contribution in [0.4, 0.5) is 11.4 Å². The normalized spacial score (nSPS) is 14.8. The van der Waals surface area contributed by atoms with Crippen molar-refractivity contribution in [2.75, 3.05) is 25.2 Å². The van der Waals surface area contributed by atoms with E-state index >= 15 is 0 Å². The lowest BCUT2D eigenvalue weighted by atomic mass is 9.99. The number of amides is 2. The summed E-state index contributed by atoms with van der Waals surface area (Å²) in [6.07, 6.45) is 6.76. The molecule has 3 aromatic carbocycles. The molecule has 1 atom stereocenters. The summed E-state index contributed by atoms with van der Waals surface area (Å²) in [4.78, 5) is 38.6. The summed E-state index contributed by atoms with van der Waals surface area (Å²) in [7, 11) is -2.00. The summed E-state index contributed by atoms with van der Waals surface area (Å²) in [6.45, 7) is 0.737. The minimum Gasteiger partial charge on any atom is -0.497 e. The molecule has 1 aromatic heterocycles. The lowest BCUT2D eigenvalue weighted by Crippen LogP contribution is -2.52. The van der Waals surface area contributed by atoms with Crippen molar-refractivity contribution in [2.45, 2.75) is 23.9 Å². The number of anilines is 1. The molecular weight excluding hydrogens is 542 g/mol. The highest BCUT2D eigenvalue weighted by Crippen LogP contribution is 2.31. The van der Waals surface area contributed by atoms with Crippen LogP contribution in [0.25, 0.3) is 0 Å². The van der Waals surface area contributed by atoms with E-state index in [0.717, 1.165) is 6.26 Å². The van der Waals surface area contributed by atoms with Gasteiger partial charge in [0.1, 0.15) is 5.75 Å². The molecule has 0 saturated heterocycles. The third kappa shape index (κ3) is 6.20.